The van der Waals surface area contributed by atoms with Gasteiger partial charge in [-0.25, -0.2) is 0 Å². The molecule has 0 aliphatic carbocycles. The molecule has 1 amide bonds. The summed E-state index contributed by atoms with van der Waals surface area (Å²) in [5.41, 5.74) is 1.97. The highest BCUT2D eigenvalue weighted by atomic mass is 16.7. The van der Waals surface area contributed by atoms with Gasteiger partial charge in [-0.2, -0.15) is 0 Å². The van der Waals surface area contributed by atoms with Crippen molar-refractivity contribution in [2.24, 2.45) is 0 Å². The molecular formula is C19H21NO4. The molecule has 0 aromatic heterocycles. The van der Waals surface area contributed by atoms with Crippen molar-refractivity contribution in [2.45, 2.75) is 32.9 Å². The Bertz CT molecular complexity index is 729. The van der Waals surface area contributed by atoms with Gasteiger partial charge in [-0.3, -0.25) is 4.79 Å². The van der Waals surface area contributed by atoms with E-state index in [9.17, 15) is 4.79 Å². The molecule has 126 valence electrons. The quantitative estimate of drug-likeness (QED) is 0.885. The lowest BCUT2D eigenvalue weighted by atomic mass is 10.2. The highest BCUT2D eigenvalue weighted by molar-refractivity contribution is 5.81. The zero-order chi connectivity index (χ0) is 16.9. The van der Waals surface area contributed by atoms with Crippen molar-refractivity contribution in [3.8, 4) is 17.2 Å². The number of para-hydroxylation sites is 1. The van der Waals surface area contributed by atoms with Crippen molar-refractivity contribution in [1.29, 1.82) is 0 Å². The summed E-state index contributed by atoms with van der Waals surface area (Å²) < 4.78 is 16.5. The smallest absolute Gasteiger partial charge is 0.261 e. The van der Waals surface area contributed by atoms with E-state index in [0.717, 1.165) is 22.6 Å². The Balaban J connectivity index is 1.59. The summed E-state index contributed by atoms with van der Waals surface area (Å²) in [6.07, 6.45) is 0.0847. The van der Waals surface area contributed by atoms with E-state index in [1.54, 1.807) is 0 Å². The molecule has 1 N–H and O–H groups in total. The number of hydrogen-bond acceptors (Lipinski definition) is 4. The first-order chi connectivity index (χ1) is 11.7. The first-order valence-corrected chi connectivity index (χ1v) is 8.06. The van der Waals surface area contributed by atoms with Gasteiger partial charge in [0.15, 0.2) is 17.6 Å². The number of amides is 1. The minimum Gasteiger partial charge on any atom is -0.480 e. The second-order valence-corrected chi connectivity index (χ2v) is 5.69. The average Bonchev–Trinajstić information content (AvgIpc) is 3.06. The molecule has 24 heavy (non-hydrogen) atoms. The van der Waals surface area contributed by atoms with Crippen molar-refractivity contribution in [1.82, 2.24) is 5.32 Å². The third-order valence-corrected chi connectivity index (χ3v) is 3.93. The second-order valence-electron chi connectivity index (χ2n) is 5.69. The van der Waals surface area contributed by atoms with Crippen LogP contribution in [0.3, 0.4) is 0 Å². The van der Waals surface area contributed by atoms with Gasteiger partial charge in [-0.05, 0) is 42.7 Å². The first kappa shape index (κ1) is 16.2. The Morgan fingerprint density at radius 1 is 1.21 bits per heavy atom. The average molecular weight is 327 g/mol. The van der Waals surface area contributed by atoms with Crippen molar-refractivity contribution in [2.75, 3.05) is 6.79 Å². The highest BCUT2D eigenvalue weighted by Gasteiger charge is 2.19. The van der Waals surface area contributed by atoms with Crippen molar-refractivity contribution in [3.63, 3.8) is 0 Å². The SMILES string of the molecule is CCC(Oc1ccccc1C)C(=O)NCc1ccc2c(c1)OCO2. The number of carbonyl (C=O) groups is 1. The third-order valence-electron chi connectivity index (χ3n) is 3.93. The summed E-state index contributed by atoms with van der Waals surface area (Å²) in [5.74, 6) is 2.06. The van der Waals surface area contributed by atoms with Crippen molar-refractivity contribution >= 4 is 5.91 Å². The van der Waals surface area contributed by atoms with E-state index in [-0.39, 0.29) is 12.7 Å². The van der Waals surface area contributed by atoms with Crippen LogP contribution < -0.4 is 19.5 Å². The molecule has 1 heterocycles. The number of ether oxygens (including phenoxy) is 3. The summed E-state index contributed by atoms with van der Waals surface area (Å²) in [7, 11) is 0. The van der Waals surface area contributed by atoms with Crippen LogP contribution in [0.1, 0.15) is 24.5 Å². The van der Waals surface area contributed by atoms with E-state index in [4.69, 9.17) is 14.2 Å². The van der Waals surface area contributed by atoms with Crippen LogP contribution >= 0.6 is 0 Å². The molecule has 2 aromatic rings. The molecule has 0 fully saturated rings. The molecule has 3 rings (SSSR count). The normalized spacial score (nSPS) is 13.4. The molecule has 0 radical (unpaired) electrons. The Morgan fingerprint density at radius 3 is 2.79 bits per heavy atom. The van der Waals surface area contributed by atoms with Crippen LogP contribution in [0, 0.1) is 6.92 Å². The molecular weight excluding hydrogens is 306 g/mol. The van der Waals surface area contributed by atoms with Crippen LogP contribution in [0.15, 0.2) is 42.5 Å². The maximum atomic E-state index is 12.4. The summed E-state index contributed by atoms with van der Waals surface area (Å²) in [6.45, 7) is 4.56. The number of rotatable bonds is 6. The zero-order valence-corrected chi connectivity index (χ0v) is 13.9. The molecule has 0 saturated carbocycles. The number of fused-ring (bicyclic) bond motifs is 1. The number of carbonyl (C=O) groups excluding carboxylic acids is 1. The van der Waals surface area contributed by atoms with Gasteiger partial charge in [0.2, 0.25) is 6.79 Å². The van der Waals surface area contributed by atoms with Gasteiger partial charge in [-0.1, -0.05) is 31.2 Å². The fourth-order valence-electron chi connectivity index (χ4n) is 2.52. The van der Waals surface area contributed by atoms with E-state index in [0.29, 0.717) is 18.7 Å². The van der Waals surface area contributed by atoms with Crippen LogP contribution in [-0.2, 0) is 11.3 Å². The third kappa shape index (κ3) is 3.62. The van der Waals surface area contributed by atoms with E-state index in [1.807, 2.05) is 56.3 Å². The Kier molecular flexibility index (Phi) is 4.89. The largest absolute Gasteiger partial charge is 0.480 e. The number of aryl methyl sites for hydroxylation is 1. The highest BCUT2D eigenvalue weighted by Crippen LogP contribution is 2.32. The second kappa shape index (κ2) is 7.25. The Morgan fingerprint density at radius 2 is 2.00 bits per heavy atom. The van der Waals surface area contributed by atoms with Crippen LogP contribution in [0.2, 0.25) is 0 Å². The Hall–Kier alpha value is -2.69. The molecule has 0 saturated heterocycles. The molecule has 0 spiro atoms. The lowest BCUT2D eigenvalue weighted by Crippen LogP contribution is -2.37. The molecule has 5 heteroatoms. The summed E-state index contributed by atoms with van der Waals surface area (Å²) >= 11 is 0. The van der Waals surface area contributed by atoms with E-state index < -0.39 is 6.10 Å². The predicted octanol–water partition coefficient (Wildman–Crippen LogP) is 3.20. The van der Waals surface area contributed by atoms with Gasteiger partial charge < -0.3 is 19.5 Å². The first-order valence-electron chi connectivity index (χ1n) is 8.06. The monoisotopic (exact) mass is 327 g/mol. The van der Waals surface area contributed by atoms with Crippen LogP contribution in [0.25, 0.3) is 0 Å². The molecule has 1 aliphatic rings. The van der Waals surface area contributed by atoms with E-state index in [2.05, 4.69) is 5.32 Å². The maximum absolute atomic E-state index is 12.4. The van der Waals surface area contributed by atoms with Crippen LogP contribution in [0.4, 0.5) is 0 Å². The molecule has 0 bridgehead atoms. The minimum atomic E-state index is -0.514. The minimum absolute atomic E-state index is 0.126. The summed E-state index contributed by atoms with van der Waals surface area (Å²) in [6, 6.07) is 13.3. The van der Waals surface area contributed by atoms with Crippen LogP contribution in [0.5, 0.6) is 17.2 Å². The fraction of sp³-hybridized carbons (Fsp3) is 0.316. The molecule has 1 unspecified atom stereocenters. The van der Waals surface area contributed by atoms with Crippen molar-refractivity contribution < 1.29 is 19.0 Å². The number of nitrogens with one attached hydrogen (secondary N) is 1. The number of hydrogen-bond donors (Lipinski definition) is 1. The van der Waals surface area contributed by atoms with E-state index in [1.165, 1.54) is 0 Å². The molecule has 2 aromatic carbocycles. The van der Waals surface area contributed by atoms with E-state index >= 15 is 0 Å². The fourth-order valence-corrected chi connectivity index (χ4v) is 2.52. The zero-order valence-electron chi connectivity index (χ0n) is 13.9. The summed E-state index contributed by atoms with van der Waals surface area (Å²) in [5, 5.41) is 2.92. The Labute approximate surface area is 141 Å². The maximum Gasteiger partial charge on any atom is 0.261 e. The molecule has 5 nitrogen and oxygen atoms in total. The number of benzene rings is 2. The van der Waals surface area contributed by atoms with Gasteiger partial charge in [0, 0.05) is 6.54 Å². The summed E-state index contributed by atoms with van der Waals surface area (Å²) in [4.78, 5) is 12.4. The standard InChI is InChI=1S/C19H21NO4/c1-3-15(24-16-7-5-4-6-13(16)2)19(21)20-11-14-8-9-17-18(10-14)23-12-22-17/h4-10,15H,3,11-12H2,1-2H3,(H,20,21). The molecule has 1 aliphatic heterocycles. The van der Waals surface area contributed by atoms with Gasteiger partial charge in [-0.15, -0.1) is 0 Å². The predicted molar refractivity (Wildman–Crippen MR) is 90.3 cm³/mol. The van der Waals surface area contributed by atoms with Gasteiger partial charge in [0.05, 0.1) is 0 Å². The molecule has 1 atom stereocenters. The topological polar surface area (TPSA) is 56.8 Å². The van der Waals surface area contributed by atoms with Gasteiger partial charge >= 0.3 is 0 Å². The van der Waals surface area contributed by atoms with Crippen LogP contribution in [-0.4, -0.2) is 18.8 Å². The lowest BCUT2D eigenvalue weighted by Gasteiger charge is -2.18. The van der Waals surface area contributed by atoms with Gasteiger partial charge in [0.1, 0.15) is 5.75 Å². The van der Waals surface area contributed by atoms with Gasteiger partial charge in [0.25, 0.3) is 5.91 Å². The van der Waals surface area contributed by atoms with Crippen molar-refractivity contribution in [3.05, 3.63) is 53.6 Å². The lowest BCUT2D eigenvalue weighted by molar-refractivity contribution is -0.128.